The molecule has 104 valence electrons. The van der Waals surface area contributed by atoms with E-state index < -0.39 is 0 Å². The Morgan fingerprint density at radius 2 is 2.10 bits per heavy atom. The first-order valence-corrected chi connectivity index (χ1v) is 7.70. The van der Waals surface area contributed by atoms with Gasteiger partial charge in [-0.2, -0.15) is 0 Å². The minimum absolute atomic E-state index is 0.0313. The Morgan fingerprint density at radius 1 is 1.30 bits per heavy atom. The SMILES string of the molecule is C[C@@H](N)c1cc(Br)ccc1OCC1Cc2ccccc21. The second kappa shape index (κ2) is 5.58. The van der Waals surface area contributed by atoms with E-state index in [0.29, 0.717) is 5.92 Å². The molecular weight excluding hydrogens is 314 g/mol. The van der Waals surface area contributed by atoms with Crippen LogP contribution in [0.25, 0.3) is 0 Å². The summed E-state index contributed by atoms with van der Waals surface area (Å²) in [6.07, 6.45) is 1.11. The molecule has 0 bridgehead atoms. The van der Waals surface area contributed by atoms with Gasteiger partial charge < -0.3 is 10.5 Å². The van der Waals surface area contributed by atoms with Gasteiger partial charge in [-0.3, -0.25) is 0 Å². The number of hydrogen-bond acceptors (Lipinski definition) is 2. The number of halogens is 1. The molecule has 3 rings (SSSR count). The van der Waals surface area contributed by atoms with Crippen LogP contribution in [0.5, 0.6) is 5.75 Å². The maximum Gasteiger partial charge on any atom is 0.124 e. The highest BCUT2D eigenvalue weighted by molar-refractivity contribution is 9.10. The van der Waals surface area contributed by atoms with Crippen molar-refractivity contribution in [2.75, 3.05) is 6.61 Å². The zero-order valence-electron chi connectivity index (χ0n) is 11.5. The van der Waals surface area contributed by atoms with E-state index in [1.807, 2.05) is 25.1 Å². The second-order valence-corrected chi connectivity index (χ2v) is 6.30. The van der Waals surface area contributed by atoms with Gasteiger partial charge in [-0.1, -0.05) is 40.2 Å². The highest BCUT2D eigenvalue weighted by Gasteiger charge is 2.26. The molecular formula is C17H18BrNO. The van der Waals surface area contributed by atoms with Crippen molar-refractivity contribution in [2.45, 2.75) is 25.3 Å². The van der Waals surface area contributed by atoms with E-state index in [1.54, 1.807) is 0 Å². The Kier molecular flexibility index (Phi) is 3.81. The summed E-state index contributed by atoms with van der Waals surface area (Å²) in [6.45, 7) is 2.70. The highest BCUT2D eigenvalue weighted by atomic mass is 79.9. The summed E-state index contributed by atoms with van der Waals surface area (Å²) in [6, 6.07) is 14.6. The van der Waals surface area contributed by atoms with Crippen molar-refractivity contribution in [2.24, 2.45) is 5.73 Å². The molecule has 0 aromatic heterocycles. The van der Waals surface area contributed by atoms with Crippen molar-refractivity contribution in [3.63, 3.8) is 0 Å². The van der Waals surface area contributed by atoms with E-state index in [2.05, 4.69) is 40.2 Å². The smallest absolute Gasteiger partial charge is 0.124 e. The van der Waals surface area contributed by atoms with E-state index in [-0.39, 0.29) is 6.04 Å². The fraction of sp³-hybridized carbons (Fsp3) is 0.294. The minimum Gasteiger partial charge on any atom is -0.493 e. The molecule has 2 N–H and O–H groups in total. The van der Waals surface area contributed by atoms with Crippen molar-refractivity contribution in [1.82, 2.24) is 0 Å². The van der Waals surface area contributed by atoms with E-state index in [9.17, 15) is 0 Å². The number of benzene rings is 2. The Bertz CT molecular complexity index is 624. The number of nitrogens with two attached hydrogens (primary N) is 1. The Balaban J connectivity index is 1.71. The topological polar surface area (TPSA) is 35.2 Å². The maximum atomic E-state index is 6.01. The Hall–Kier alpha value is -1.32. The molecule has 2 aromatic rings. The summed E-state index contributed by atoms with van der Waals surface area (Å²) >= 11 is 3.48. The number of rotatable bonds is 4. The van der Waals surface area contributed by atoms with Crippen LogP contribution in [-0.2, 0) is 6.42 Å². The zero-order chi connectivity index (χ0) is 14.1. The molecule has 1 aliphatic carbocycles. The van der Waals surface area contributed by atoms with Crippen LogP contribution in [0.15, 0.2) is 46.9 Å². The number of fused-ring (bicyclic) bond motifs is 1. The molecule has 2 aromatic carbocycles. The average molecular weight is 332 g/mol. The Labute approximate surface area is 128 Å². The van der Waals surface area contributed by atoms with Crippen LogP contribution in [0.4, 0.5) is 0 Å². The molecule has 0 saturated heterocycles. The third kappa shape index (κ3) is 2.60. The molecule has 0 saturated carbocycles. The molecule has 2 atom stereocenters. The van der Waals surface area contributed by atoms with E-state index in [1.165, 1.54) is 11.1 Å². The van der Waals surface area contributed by atoms with Gasteiger partial charge in [0.15, 0.2) is 0 Å². The van der Waals surface area contributed by atoms with Crippen molar-refractivity contribution >= 4 is 15.9 Å². The third-order valence-electron chi connectivity index (χ3n) is 3.86. The Morgan fingerprint density at radius 3 is 2.85 bits per heavy atom. The van der Waals surface area contributed by atoms with Crippen molar-refractivity contribution in [3.8, 4) is 5.75 Å². The first-order chi connectivity index (χ1) is 9.65. The van der Waals surface area contributed by atoms with Gasteiger partial charge in [-0.05, 0) is 42.7 Å². The van der Waals surface area contributed by atoms with Crippen molar-refractivity contribution in [1.29, 1.82) is 0 Å². The molecule has 0 aliphatic heterocycles. The summed E-state index contributed by atoms with van der Waals surface area (Å²) in [4.78, 5) is 0. The van der Waals surface area contributed by atoms with Crippen LogP contribution in [0, 0.1) is 0 Å². The lowest BCUT2D eigenvalue weighted by Gasteiger charge is -2.30. The van der Waals surface area contributed by atoms with Gasteiger partial charge in [0, 0.05) is 22.0 Å². The summed E-state index contributed by atoms with van der Waals surface area (Å²) in [7, 11) is 0. The van der Waals surface area contributed by atoms with Crippen LogP contribution in [0.1, 0.15) is 35.6 Å². The molecule has 0 spiro atoms. The van der Waals surface area contributed by atoms with E-state index in [0.717, 1.165) is 28.8 Å². The molecule has 0 fully saturated rings. The lowest BCUT2D eigenvalue weighted by molar-refractivity contribution is 0.272. The summed E-state index contributed by atoms with van der Waals surface area (Å²) in [5, 5.41) is 0. The van der Waals surface area contributed by atoms with Crippen LogP contribution < -0.4 is 10.5 Å². The lowest BCUT2D eigenvalue weighted by Crippen LogP contribution is -2.23. The van der Waals surface area contributed by atoms with Gasteiger partial charge in [-0.25, -0.2) is 0 Å². The van der Waals surface area contributed by atoms with Crippen LogP contribution in [-0.4, -0.2) is 6.61 Å². The summed E-state index contributed by atoms with van der Waals surface area (Å²) < 4.78 is 7.05. The van der Waals surface area contributed by atoms with Gasteiger partial charge in [0.25, 0.3) is 0 Å². The first-order valence-electron chi connectivity index (χ1n) is 6.91. The minimum atomic E-state index is -0.0313. The zero-order valence-corrected chi connectivity index (χ0v) is 13.1. The van der Waals surface area contributed by atoms with Gasteiger partial charge in [0.1, 0.15) is 5.75 Å². The number of ether oxygens (including phenoxy) is 1. The van der Waals surface area contributed by atoms with Gasteiger partial charge in [0.05, 0.1) is 6.61 Å². The fourth-order valence-corrected chi connectivity index (χ4v) is 3.09. The van der Waals surface area contributed by atoms with E-state index >= 15 is 0 Å². The largest absolute Gasteiger partial charge is 0.493 e. The van der Waals surface area contributed by atoms with Crippen LogP contribution in [0.3, 0.4) is 0 Å². The van der Waals surface area contributed by atoms with Gasteiger partial charge in [0.2, 0.25) is 0 Å². The molecule has 1 unspecified atom stereocenters. The van der Waals surface area contributed by atoms with E-state index in [4.69, 9.17) is 10.5 Å². The molecule has 1 aliphatic rings. The second-order valence-electron chi connectivity index (χ2n) is 5.38. The normalized spacial score (nSPS) is 18.1. The summed E-state index contributed by atoms with van der Waals surface area (Å²) in [5.41, 5.74) is 9.93. The monoisotopic (exact) mass is 331 g/mol. The molecule has 0 amide bonds. The van der Waals surface area contributed by atoms with Crippen molar-refractivity contribution < 1.29 is 4.74 Å². The quantitative estimate of drug-likeness (QED) is 0.911. The summed E-state index contributed by atoms with van der Waals surface area (Å²) in [5.74, 6) is 1.41. The molecule has 0 radical (unpaired) electrons. The molecule has 3 heteroatoms. The molecule has 0 heterocycles. The molecule has 20 heavy (non-hydrogen) atoms. The highest BCUT2D eigenvalue weighted by Crippen LogP contribution is 2.36. The maximum absolute atomic E-state index is 6.01. The van der Waals surface area contributed by atoms with Crippen LogP contribution >= 0.6 is 15.9 Å². The predicted octanol–water partition coefficient (Wildman–Crippen LogP) is 4.19. The first kappa shape index (κ1) is 13.7. The van der Waals surface area contributed by atoms with Gasteiger partial charge in [-0.15, -0.1) is 0 Å². The predicted molar refractivity (Wildman–Crippen MR) is 85.1 cm³/mol. The average Bonchev–Trinajstić information content (AvgIpc) is 2.41. The fourth-order valence-electron chi connectivity index (χ4n) is 2.71. The molecule has 2 nitrogen and oxygen atoms in total. The van der Waals surface area contributed by atoms with Gasteiger partial charge >= 0.3 is 0 Å². The number of hydrogen-bond donors (Lipinski definition) is 1. The third-order valence-corrected chi connectivity index (χ3v) is 4.36. The van der Waals surface area contributed by atoms with Crippen LogP contribution in [0.2, 0.25) is 0 Å². The van der Waals surface area contributed by atoms with Crippen molar-refractivity contribution in [3.05, 3.63) is 63.6 Å². The lowest BCUT2D eigenvalue weighted by atomic mass is 9.78. The standard InChI is InChI=1S/C17H18BrNO/c1-11(19)16-9-14(18)6-7-17(16)20-10-13-8-12-4-2-3-5-15(12)13/h2-7,9,11,13H,8,10,19H2,1H3/t11-,13?/m1/s1.